The number of hydrogen-bond donors (Lipinski definition) is 0. The topological polar surface area (TPSA) is 6.48 Å². The highest BCUT2D eigenvalue weighted by Crippen LogP contribution is 2.49. The minimum absolute atomic E-state index is 0.973. The van der Waals surface area contributed by atoms with E-state index in [-0.39, 0.29) is 0 Å². The fourth-order valence-corrected chi connectivity index (χ4v) is 6.75. The van der Waals surface area contributed by atoms with Crippen LogP contribution >= 0.6 is 0 Å². The van der Waals surface area contributed by atoms with Crippen LogP contribution in [0.15, 0.2) is 84.9 Å². The Labute approximate surface area is 238 Å². The van der Waals surface area contributed by atoms with Crippen LogP contribution in [-0.2, 0) is 12.8 Å². The van der Waals surface area contributed by atoms with Gasteiger partial charge in [0.05, 0.1) is 0 Å². The molecule has 0 saturated carbocycles. The molecule has 0 N–H and O–H groups in total. The van der Waals surface area contributed by atoms with Crippen LogP contribution in [0, 0.1) is 41.5 Å². The molecule has 5 aromatic carbocycles. The van der Waals surface area contributed by atoms with Gasteiger partial charge in [-0.25, -0.2) is 0 Å². The number of hydrogen-bond acceptors (Lipinski definition) is 2. The highest BCUT2D eigenvalue weighted by molar-refractivity contribution is 5.90. The van der Waals surface area contributed by atoms with Gasteiger partial charge in [-0.1, -0.05) is 70.8 Å². The summed E-state index contributed by atoms with van der Waals surface area (Å²) in [7, 11) is 0. The van der Waals surface area contributed by atoms with Gasteiger partial charge in [0.25, 0.3) is 0 Å². The van der Waals surface area contributed by atoms with Gasteiger partial charge in [0, 0.05) is 47.0 Å². The SMILES string of the molecule is Cc1ccc2c(c1)Cc1cc(C)ccc1N2c1cc(C)c(N2c3ccc(C)cc3Cc3cc(C)ccc32)cc1C. The summed E-state index contributed by atoms with van der Waals surface area (Å²) in [5.74, 6) is 0. The predicted octanol–water partition coefficient (Wildman–Crippen LogP) is 10.3. The van der Waals surface area contributed by atoms with Crippen LogP contribution in [0.25, 0.3) is 0 Å². The van der Waals surface area contributed by atoms with E-state index in [0.29, 0.717) is 0 Å². The van der Waals surface area contributed by atoms with Crippen molar-refractivity contribution >= 4 is 34.1 Å². The second-order valence-electron chi connectivity index (χ2n) is 12.0. The summed E-state index contributed by atoms with van der Waals surface area (Å²) in [6.45, 7) is 13.3. The highest BCUT2D eigenvalue weighted by atomic mass is 15.2. The quantitative estimate of drug-likeness (QED) is 0.224. The highest BCUT2D eigenvalue weighted by Gasteiger charge is 2.29. The summed E-state index contributed by atoms with van der Waals surface area (Å²) in [5.41, 5.74) is 21.0. The van der Waals surface area contributed by atoms with Gasteiger partial charge < -0.3 is 9.80 Å². The maximum atomic E-state index is 2.49. The Balaban J connectivity index is 1.42. The second-order valence-corrected chi connectivity index (χ2v) is 12.0. The monoisotopic (exact) mass is 520 g/mol. The maximum absolute atomic E-state index is 2.49. The first-order valence-electron chi connectivity index (χ1n) is 14.4. The second kappa shape index (κ2) is 9.13. The molecule has 0 unspecified atom stereocenters. The summed E-state index contributed by atoms with van der Waals surface area (Å²) in [5, 5.41) is 0. The first-order valence-corrected chi connectivity index (χ1v) is 14.4. The van der Waals surface area contributed by atoms with Crippen molar-refractivity contribution in [3.8, 4) is 0 Å². The zero-order valence-electron chi connectivity index (χ0n) is 24.4. The molecule has 0 fully saturated rings. The van der Waals surface area contributed by atoms with E-state index in [9.17, 15) is 0 Å². The van der Waals surface area contributed by atoms with E-state index >= 15 is 0 Å². The average Bonchev–Trinajstić information content (AvgIpc) is 2.91. The predicted molar refractivity (Wildman–Crippen MR) is 170 cm³/mol. The lowest BCUT2D eigenvalue weighted by molar-refractivity contribution is 1.06. The molecule has 2 aliphatic heterocycles. The number of aryl methyl sites for hydroxylation is 6. The van der Waals surface area contributed by atoms with Crippen LogP contribution in [0.4, 0.5) is 34.1 Å². The summed E-state index contributed by atoms with van der Waals surface area (Å²) in [4.78, 5) is 4.98. The van der Waals surface area contributed by atoms with Crippen LogP contribution < -0.4 is 9.80 Å². The Morgan fingerprint density at radius 1 is 0.350 bits per heavy atom. The lowest BCUT2D eigenvalue weighted by Crippen LogP contribution is -2.22. The number of rotatable bonds is 2. The molecule has 0 bridgehead atoms. The van der Waals surface area contributed by atoms with Gasteiger partial charge in [0.15, 0.2) is 0 Å². The van der Waals surface area contributed by atoms with Crippen molar-refractivity contribution < 1.29 is 0 Å². The van der Waals surface area contributed by atoms with Gasteiger partial charge in [-0.2, -0.15) is 0 Å². The van der Waals surface area contributed by atoms with Crippen LogP contribution in [-0.4, -0.2) is 0 Å². The minimum atomic E-state index is 0.973. The molecule has 0 saturated heterocycles. The Bertz CT molecular complexity index is 1590. The van der Waals surface area contributed by atoms with Gasteiger partial charge in [-0.3, -0.25) is 0 Å². The third kappa shape index (κ3) is 3.93. The molecule has 2 heteroatoms. The molecule has 0 atom stereocenters. The molecule has 2 aliphatic rings. The Morgan fingerprint density at radius 2 is 0.625 bits per heavy atom. The van der Waals surface area contributed by atoms with Gasteiger partial charge in [-0.15, -0.1) is 0 Å². The number of benzene rings is 5. The van der Waals surface area contributed by atoms with Crippen molar-refractivity contribution in [2.75, 3.05) is 9.80 Å². The molecule has 0 amide bonds. The number of fused-ring (bicyclic) bond motifs is 4. The molecular weight excluding hydrogens is 484 g/mol. The third-order valence-corrected chi connectivity index (χ3v) is 8.66. The molecule has 0 aromatic heterocycles. The van der Waals surface area contributed by atoms with Crippen LogP contribution in [0.2, 0.25) is 0 Å². The Kier molecular flexibility index (Phi) is 5.64. The molecule has 0 spiro atoms. The van der Waals surface area contributed by atoms with E-state index in [4.69, 9.17) is 0 Å². The van der Waals surface area contributed by atoms with Crippen molar-refractivity contribution in [1.82, 2.24) is 0 Å². The van der Waals surface area contributed by atoms with Crippen molar-refractivity contribution in [1.29, 1.82) is 0 Å². The number of nitrogens with zero attached hydrogens (tertiary/aromatic N) is 2. The molecule has 0 aliphatic carbocycles. The van der Waals surface area contributed by atoms with E-state index in [1.54, 1.807) is 0 Å². The first kappa shape index (κ1) is 24.7. The van der Waals surface area contributed by atoms with Crippen molar-refractivity contribution in [3.63, 3.8) is 0 Å². The average molecular weight is 521 g/mol. The zero-order chi connectivity index (χ0) is 27.7. The van der Waals surface area contributed by atoms with Gasteiger partial charge in [0.1, 0.15) is 0 Å². The third-order valence-electron chi connectivity index (χ3n) is 8.66. The molecule has 7 rings (SSSR count). The molecule has 40 heavy (non-hydrogen) atoms. The maximum Gasteiger partial charge on any atom is 0.0497 e. The first-order chi connectivity index (χ1) is 19.3. The van der Waals surface area contributed by atoms with Crippen molar-refractivity contribution in [2.45, 2.75) is 54.4 Å². The van der Waals surface area contributed by atoms with E-state index in [1.165, 1.54) is 89.8 Å². The minimum Gasteiger partial charge on any atom is -0.310 e. The van der Waals surface area contributed by atoms with Gasteiger partial charge >= 0.3 is 0 Å². The normalized spacial score (nSPS) is 13.4. The van der Waals surface area contributed by atoms with Gasteiger partial charge in [0.2, 0.25) is 0 Å². The fraction of sp³-hybridized carbons (Fsp3) is 0.211. The molecular formula is C38H36N2. The van der Waals surface area contributed by atoms with Crippen molar-refractivity contribution in [2.24, 2.45) is 0 Å². The Morgan fingerprint density at radius 3 is 0.900 bits per heavy atom. The number of anilines is 6. The molecule has 2 nitrogen and oxygen atoms in total. The summed E-state index contributed by atoms with van der Waals surface area (Å²) in [6.07, 6.45) is 1.95. The van der Waals surface area contributed by atoms with Gasteiger partial charge in [-0.05, 0) is 111 Å². The fourth-order valence-electron chi connectivity index (χ4n) is 6.75. The van der Waals surface area contributed by atoms with Crippen LogP contribution in [0.5, 0.6) is 0 Å². The zero-order valence-corrected chi connectivity index (χ0v) is 24.4. The molecule has 5 aromatic rings. The van der Waals surface area contributed by atoms with E-state index in [0.717, 1.165) is 12.8 Å². The van der Waals surface area contributed by atoms with Crippen LogP contribution in [0.1, 0.15) is 55.6 Å². The lowest BCUT2D eigenvalue weighted by Gasteiger charge is -2.37. The molecule has 2 heterocycles. The van der Waals surface area contributed by atoms with Crippen LogP contribution in [0.3, 0.4) is 0 Å². The Hall–Kier alpha value is -4.30. The lowest BCUT2D eigenvalue weighted by atomic mass is 9.91. The summed E-state index contributed by atoms with van der Waals surface area (Å²) in [6, 6.07) is 32.4. The standard InChI is InChI=1S/C38H36N2/c1-23-7-11-33-29(15-23)21-30-16-24(2)8-12-34(30)39(33)37-19-28(6)38(20-27(37)5)40-35-13-9-25(3)17-31(35)22-32-18-26(4)10-14-36(32)40/h7-20H,21-22H2,1-6H3. The summed E-state index contributed by atoms with van der Waals surface area (Å²) >= 11 is 0. The van der Waals surface area contributed by atoms with E-state index < -0.39 is 0 Å². The molecule has 198 valence electrons. The van der Waals surface area contributed by atoms with E-state index in [2.05, 4.69) is 136 Å². The summed E-state index contributed by atoms with van der Waals surface area (Å²) < 4.78 is 0. The van der Waals surface area contributed by atoms with E-state index in [1.807, 2.05) is 0 Å². The largest absolute Gasteiger partial charge is 0.310 e. The molecule has 0 radical (unpaired) electrons. The smallest absolute Gasteiger partial charge is 0.0497 e. The van der Waals surface area contributed by atoms with Crippen molar-refractivity contribution in [3.05, 3.63) is 141 Å².